The monoisotopic (exact) mass is 558 g/mol. The SMILES string of the molecule is Cc1ccc(NC(=O)COC(=O)[C@@H](CC(C)C)N2C(=O)c3c(Cl)c(Cl)c(Cl)c(Cl)c3C2=O)c(C)c1. The molecule has 7 nitrogen and oxygen atoms in total. The molecule has 2 aromatic rings. The highest BCUT2D eigenvalue weighted by molar-refractivity contribution is 6.55. The number of carbonyl (C=O) groups is 4. The number of carbonyl (C=O) groups excluding carboxylic acids is 4. The third kappa shape index (κ3) is 5.43. The molecule has 3 amide bonds. The number of esters is 1. The molecule has 1 N–H and O–H groups in total. The standard InChI is InChI=1S/C24H22Cl4N2O5/c1-10(2)7-14(24(34)35-9-15(31)29-13-6-5-11(3)8-12(13)4)30-22(32)16-17(23(30)33)19(26)21(28)20(27)18(16)25/h5-6,8,10,14H,7,9H2,1-4H3,(H,29,31)/t14-/m1/s1. The second kappa shape index (κ2) is 10.7. The highest BCUT2D eigenvalue weighted by Crippen LogP contribution is 2.45. The number of ether oxygens (including phenoxy) is 1. The van der Waals surface area contributed by atoms with Crippen molar-refractivity contribution in [2.75, 3.05) is 11.9 Å². The van der Waals surface area contributed by atoms with Gasteiger partial charge in [0.1, 0.15) is 6.04 Å². The molecule has 0 bridgehead atoms. The first-order valence-electron chi connectivity index (χ1n) is 10.6. The summed E-state index contributed by atoms with van der Waals surface area (Å²) in [7, 11) is 0. The van der Waals surface area contributed by atoms with Crippen molar-refractivity contribution in [3.63, 3.8) is 0 Å². The summed E-state index contributed by atoms with van der Waals surface area (Å²) in [5, 5.41) is 1.85. The molecule has 186 valence electrons. The number of hydrogen-bond donors (Lipinski definition) is 1. The Kier molecular flexibility index (Phi) is 8.37. The number of benzene rings is 2. The average Bonchev–Trinajstić information content (AvgIpc) is 3.04. The lowest BCUT2D eigenvalue weighted by Crippen LogP contribution is -2.47. The second-order valence-electron chi connectivity index (χ2n) is 8.61. The van der Waals surface area contributed by atoms with Gasteiger partial charge >= 0.3 is 5.97 Å². The molecule has 0 saturated heterocycles. The lowest BCUT2D eigenvalue weighted by molar-refractivity contribution is -0.151. The van der Waals surface area contributed by atoms with Crippen LogP contribution in [0.3, 0.4) is 0 Å². The number of fused-ring (bicyclic) bond motifs is 1. The van der Waals surface area contributed by atoms with Crippen LogP contribution in [-0.4, -0.2) is 41.2 Å². The van der Waals surface area contributed by atoms with Crippen LogP contribution in [-0.2, 0) is 14.3 Å². The molecule has 3 rings (SSSR count). The predicted molar refractivity (Wildman–Crippen MR) is 136 cm³/mol. The number of amides is 3. The predicted octanol–water partition coefficient (Wildman–Crippen LogP) is 6.11. The van der Waals surface area contributed by atoms with Gasteiger partial charge in [-0.15, -0.1) is 0 Å². The van der Waals surface area contributed by atoms with Gasteiger partial charge in [-0.3, -0.25) is 19.3 Å². The molecule has 1 heterocycles. The van der Waals surface area contributed by atoms with E-state index in [4.69, 9.17) is 51.1 Å². The lowest BCUT2D eigenvalue weighted by atomic mass is 10.0. The molecule has 35 heavy (non-hydrogen) atoms. The number of nitrogens with zero attached hydrogens (tertiary/aromatic N) is 1. The molecule has 2 aromatic carbocycles. The summed E-state index contributed by atoms with van der Waals surface area (Å²) >= 11 is 24.5. The summed E-state index contributed by atoms with van der Waals surface area (Å²) in [5.74, 6) is -3.30. The van der Waals surface area contributed by atoms with Gasteiger partial charge < -0.3 is 10.1 Å². The molecule has 1 aliphatic heterocycles. The van der Waals surface area contributed by atoms with Gasteiger partial charge in [0.15, 0.2) is 6.61 Å². The van der Waals surface area contributed by atoms with Crippen molar-refractivity contribution < 1.29 is 23.9 Å². The van der Waals surface area contributed by atoms with Gasteiger partial charge in [-0.2, -0.15) is 0 Å². The maximum Gasteiger partial charge on any atom is 0.329 e. The smallest absolute Gasteiger partial charge is 0.329 e. The van der Waals surface area contributed by atoms with Crippen molar-refractivity contribution in [1.29, 1.82) is 0 Å². The molecular formula is C24H22Cl4N2O5. The van der Waals surface area contributed by atoms with Crippen LogP contribution in [0.2, 0.25) is 20.1 Å². The zero-order valence-electron chi connectivity index (χ0n) is 19.3. The van der Waals surface area contributed by atoms with Gasteiger partial charge in [0.05, 0.1) is 31.2 Å². The number of rotatable bonds is 7. The van der Waals surface area contributed by atoms with Crippen molar-refractivity contribution in [2.45, 2.75) is 40.2 Å². The van der Waals surface area contributed by atoms with Crippen molar-refractivity contribution in [2.24, 2.45) is 5.92 Å². The molecule has 11 heteroatoms. The zero-order chi connectivity index (χ0) is 26.2. The summed E-state index contributed by atoms with van der Waals surface area (Å²) in [6.45, 7) is 6.77. The van der Waals surface area contributed by atoms with Crippen molar-refractivity contribution >= 4 is 75.8 Å². The summed E-state index contributed by atoms with van der Waals surface area (Å²) in [4.78, 5) is 52.5. The first-order chi connectivity index (χ1) is 16.3. The second-order valence-corrected chi connectivity index (χ2v) is 10.1. The summed E-state index contributed by atoms with van der Waals surface area (Å²) in [5.41, 5.74) is 2.00. The quantitative estimate of drug-likeness (QED) is 0.191. The molecular weight excluding hydrogens is 538 g/mol. The molecule has 1 atom stereocenters. The van der Waals surface area contributed by atoms with E-state index in [0.717, 1.165) is 16.0 Å². The van der Waals surface area contributed by atoms with E-state index >= 15 is 0 Å². The van der Waals surface area contributed by atoms with E-state index in [0.29, 0.717) is 5.69 Å². The minimum atomic E-state index is -1.32. The average molecular weight is 560 g/mol. The molecule has 1 aliphatic rings. The van der Waals surface area contributed by atoms with E-state index in [1.54, 1.807) is 19.9 Å². The Labute approximate surface area is 222 Å². The third-order valence-corrected chi connectivity index (χ3v) is 7.21. The van der Waals surface area contributed by atoms with E-state index < -0.39 is 36.3 Å². The van der Waals surface area contributed by atoms with Crippen molar-refractivity contribution in [3.05, 3.63) is 60.5 Å². The summed E-state index contributed by atoms with van der Waals surface area (Å²) in [6.07, 6.45) is 0.0830. The molecule has 0 spiro atoms. The third-order valence-electron chi connectivity index (χ3n) is 5.41. The zero-order valence-corrected chi connectivity index (χ0v) is 22.3. The van der Waals surface area contributed by atoms with E-state index in [1.807, 2.05) is 26.0 Å². The van der Waals surface area contributed by atoms with Gasteiger partial charge in [-0.05, 0) is 37.8 Å². The van der Waals surface area contributed by atoms with Crippen LogP contribution in [0.1, 0.15) is 52.1 Å². The maximum absolute atomic E-state index is 13.2. The van der Waals surface area contributed by atoms with E-state index in [-0.39, 0.29) is 43.6 Å². The van der Waals surface area contributed by atoms with Crippen LogP contribution >= 0.6 is 46.4 Å². The van der Waals surface area contributed by atoms with E-state index in [2.05, 4.69) is 5.32 Å². The lowest BCUT2D eigenvalue weighted by Gasteiger charge is -2.26. The highest BCUT2D eigenvalue weighted by Gasteiger charge is 2.47. The molecule has 0 aliphatic carbocycles. The molecule has 0 radical (unpaired) electrons. The fourth-order valence-corrected chi connectivity index (χ4v) is 4.79. The van der Waals surface area contributed by atoms with Crippen LogP contribution in [0.5, 0.6) is 0 Å². The Hall–Kier alpha value is -2.32. The Balaban J connectivity index is 1.82. The van der Waals surface area contributed by atoms with Crippen molar-refractivity contribution in [3.8, 4) is 0 Å². The highest BCUT2D eigenvalue weighted by atomic mass is 35.5. The Morgan fingerprint density at radius 3 is 1.97 bits per heavy atom. The first kappa shape index (κ1) is 27.3. The summed E-state index contributed by atoms with van der Waals surface area (Å²) < 4.78 is 5.20. The summed E-state index contributed by atoms with van der Waals surface area (Å²) in [6, 6.07) is 4.16. The minimum absolute atomic E-state index is 0.0830. The number of aryl methyl sites for hydroxylation is 2. The Morgan fingerprint density at radius 2 is 1.49 bits per heavy atom. The number of nitrogens with one attached hydrogen (secondary N) is 1. The van der Waals surface area contributed by atoms with Gasteiger partial charge in [-0.1, -0.05) is 77.9 Å². The minimum Gasteiger partial charge on any atom is -0.454 e. The molecule has 0 aromatic heterocycles. The van der Waals surface area contributed by atoms with Crippen LogP contribution in [0, 0.1) is 19.8 Å². The van der Waals surface area contributed by atoms with Crippen LogP contribution in [0.4, 0.5) is 5.69 Å². The fraction of sp³-hybridized carbons (Fsp3) is 0.333. The molecule has 0 saturated carbocycles. The van der Waals surface area contributed by atoms with Crippen LogP contribution in [0.25, 0.3) is 0 Å². The van der Waals surface area contributed by atoms with Gasteiger partial charge in [-0.25, -0.2) is 4.79 Å². The van der Waals surface area contributed by atoms with Gasteiger partial charge in [0.2, 0.25) is 0 Å². The molecule has 0 fully saturated rings. The normalized spacial score (nSPS) is 13.8. The van der Waals surface area contributed by atoms with Crippen LogP contribution in [0.15, 0.2) is 18.2 Å². The van der Waals surface area contributed by atoms with Gasteiger partial charge in [0.25, 0.3) is 17.7 Å². The Morgan fingerprint density at radius 1 is 0.943 bits per heavy atom. The van der Waals surface area contributed by atoms with E-state index in [1.165, 1.54) is 0 Å². The topological polar surface area (TPSA) is 92.8 Å². The first-order valence-corrected chi connectivity index (χ1v) is 12.1. The number of halogens is 4. The number of imide groups is 1. The fourth-order valence-electron chi connectivity index (χ4n) is 3.78. The van der Waals surface area contributed by atoms with Crippen LogP contribution < -0.4 is 5.32 Å². The van der Waals surface area contributed by atoms with Crippen molar-refractivity contribution in [1.82, 2.24) is 4.90 Å². The maximum atomic E-state index is 13.2. The number of hydrogen-bond acceptors (Lipinski definition) is 5. The van der Waals surface area contributed by atoms with Gasteiger partial charge in [0, 0.05) is 5.69 Å². The van der Waals surface area contributed by atoms with E-state index in [9.17, 15) is 19.2 Å². The Bertz CT molecular complexity index is 1200. The number of anilines is 1. The largest absolute Gasteiger partial charge is 0.454 e. The molecule has 0 unspecified atom stereocenters.